The van der Waals surface area contributed by atoms with Gasteiger partial charge in [-0.2, -0.15) is 0 Å². The van der Waals surface area contributed by atoms with E-state index in [0.29, 0.717) is 26.1 Å². The Morgan fingerprint density at radius 3 is 2.73 bits per heavy atom. The first-order valence-corrected chi connectivity index (χ1v) is 8.67. The maximum atomic E-state index is 12.6. The average molecular weight is 355 g/mol. The number of aryl methyl sites for hydroxylation is 1. The highest BCUT2D eigenvalue weighted by molar-refractivity contribution is 5.97. The predicted molar refractivity (Wildman–Crippen MR) is 94.2 cm³/mol. The number of aromatic nitrogens is 1. The van der Waals surface area contributed by atoms with Crippen molar-refractivity contribution in [1.29, 1.82) is 0 Å². The van der Waals surface area contributed by atoms with Crippen LogP contribution in [0.2, 0.25) is 0 Å². The normalized spacial score (nSPS) is 22.5. The summed E-state index contributed by atoms with van der Waals surface area (Å²) in [6, 6.07) is 9.46. The molecule has 7 heteroatoms. The number of hydrogen-bond donors (Lipinski definition) is 0. The lowest BCUT2D eigenvalue weighted by molar-refractivity contribution is -0.117. The first-order chi connectivity index (χ1) is 12.5. The van der Waals surface area contributed by atoms with E-state index in [1.165, 1.54) is 13.2 Å². The van der Waals surface area contributed by atoms with Crippen LogP contribution in [0.1, 0.15) is 29.0 Å². The number of nitrogens with zero attached hydrogens (tertiary/aromatic N) is 3. The van der Waals surface area contributed by atoms with Crippen molar-refractivity contribution in [2.45, 2.75) is 19.8 Å². The summed E-state index contributed by atoms with van der Waals surface area (Å²) in [6.07, 6.45) is 1.27. The lowest BCUT2D eigenvalue weighted by Gasteiger charge is -2.24. The van der Waals surface area contributed by atoms with Gasteiger partial charge >= 0.3 is 0 Å². The molecule has 2 fully saturated rings. The number of methoxy groups -OCH3 is 1. The highest BCUT2D eigenvalue weighted by Gasteiger charge is 2.49. The molecule has 2 amide bonds. The van der Waals surface area contributed by atoms with Gasteiger partial charge < -0.3 is 19.1 Å². The van der Waals surface area contributed by atoms with Crippen molar-refractivity contribution < 1.29 is 18.8 Å². The number of ether oxygens (including phenoxy) is 1. The Morgan fingerprint density at radius 2 is 2.04 bits per heavy atom. The van der Waals surface area contributed by atoms with E-state index in [1.807, 2.05) is 36.1 Å². The van der Waals surface area contributed by atoms with Crippen LogP contribution in [-0.2, 0) is 4.79 Å². The summed E-state index contributed by atoms with van der Waals surface area (Å²) < 4.78 is 10.0. The highest BCUT2D eigenvalue weighted by atomic mass is 16.5. The third kappa shape index (κ3) is 2.83. The Bertz CT molecular complexity index is 845. The van der Waals surface area contributed by atoms with E-state index in [0.717, 1.165) is 17.7 Å². The molecule has 0 N–H and O–H groups in total. The SMILES string of the molecule is COc1cc(C(=O)N2CCC3(CC(=O)N(c4ccc(C)cc4)C3)C2)on1. The van der Waals surface area contributed by atoms with Gasteiger partial charge in [-0.25, -0.2) is 0 Å². The molecule has 1 aromatic heterocycles. The van der Waals surface area contributed by atoms with Gasteiger partial charge in [0.1, 0.15) is 0 Å². The van der Waals surface area contributed by atoms with Crippen molar-refractivity contribution in [2.24, 2.45) is 5.41 Å². The number of carbonyl (C=O) groups is 2. The van der Waals surface area contributed by atoms with Crippen molar-refractivity contribution in [3.63, 3.8) is 0 Å². The maximum Gasteiger partial charge on any atom is 0.292 e. The van der Waals surface area contributed by atoms with Gasteiger partial charge in [-0.1, -0.05) is 17.7 Å². The lowest BCUT2D eigenvalue weighted by Crippen LogP contribution is -2.34. The van der Waals surface area contributed by atoms with E-state index in [4.69, 9.17) is 9.26 Å². The molecular formula is C19H21N3O4. The molecule has 7 nitrogen and oxygen atoms in total. The molecular weight excluding hydrogens is 334 g/mol. The van der Waals surface area contributed by atoms with Gasteiger partial charge in [0.2, 0.25) is 11.7 Å². The molecule has 4 rings (SSSR count). The minimum Gasteiger partial charge on any atom is -0.479 e. The first-order valence-electron chi connectivity index (χ1n) is 8.67. The number of likely N-dealkylation sites (tertiary alicyclic amines) is 1. The number of hydrogen-bond acceptors (Lipinski definition) is 5. The topological polar surface area (TPSA) is 75.9 Å². The van der Waals surface area contributed by atoms with Crippen molar-refractivity contribution >= 4 is 17.5 Å². The van der Waals surface area contributed by atoms with Gasteiger partial charge in [0.15, 0.2) is 0 Å². The monoisotopic (exact) mass is 355 g/mol. The quantitative estimate of drug-likeness (QED) is 0.844. The maximum absolute atomic E-state index is 12.6. The summed E-state index contributed by atoms with van der Waals surface area (Å²) in [4.78, 5) is 28.8. The van der Waals surface area contributed by atoms with Crippen LogP contribution in [0.4, 0.5) is 5.69 Å². The molecule has 1 aromatic carbocycles. The van der Waals surface area contributed by atoms with Crippen LogP contribution in [0, 0.1) is 12.3 Å². The number of carbonyl (C=O) groups excluding carboxylic acids is 2. The Balaban J connectivity index is 1.48. The lowest BCUT2D eigenvalue weighted by atomic mass is 9.86. The van der Waals surface area contributed by atoms with Crippen LogP contribution in [-0.4, -0.2) is 48.6 Å². The fourth-order valence-electron chi connectivity index (χ4n) is 3.85. The van der Waals surface area contributed by atoms with Gasteiger partial charge in [-0.3, -0.25) is 9.59 Å². The molecule has 26 heavy (non-hydrogen) atoms. The zero-order valence-corrected chi connectivity index (χ0v) is 14.9. The van der Waals surface area contributed by atoms with E-state index < -0.39 is 0 Å². The summed E-state index contributed by atoms with van der Waals surface area (Å²) in [7, 11) is 1.47. The molecule has 3 heterocycles. The Hall–Kier alpha value is -2.83. The number of amides is 2. The number of anilines is 1. The van der Waals surface area contributed by atoms with E-state index >= 15 is 0 Å². The molecule has 136 valence electrons. The molecule has 0 radical (unpaired) electrons. The van der Waals surface area contributed by atoms with Crippen LogP contribution >= 0.6 is 0 Å². The molecule has 1 atom stereocenters. The molecule has 2 saturated heterocycles. The Morgan fingerprint density at radius 1 is 1.27 bits per heavy atom. The largest absolute Gasteiger partial charge is 0.479 e. The zero-order chi connectivity index (χ0) is 18.3. The van der Waals surface area contributed by atoms with Crippen LogP contribution in [0.25, 0.3) is 0 Å². The highest BCUT2D eigenvalue weighted by Crippen LogP contribution is 2.42. The minimum absolute atomic E-state index is 0.115. The van der Waals surface area contributed by atoms with Gasteiger partial charge in [-0.05, 0) is 30.6 Å². The Kier molecular flexibility index (Phi) is 3.94. The fourth-order valence-corrected chi connectivity index (χ4v) is 3.85. The predicted octanol–water partition coefficient (Wildman–Crippen LogP) is 2.26. The van der Waals surface area contributed by atoms with Crippen molar-refractivity contribution in [2.75, 3.05) is 31.6 Å². The van der Waals surface area contributed by atoms with Crippen LogP contribution in [0.5, 0.6) is 5.88 Å². The van der Waals surface area contributed by atoms with Crippen molar-refractivity contribution in [1.82, 2.24) is 10.1 Å². The van der Waals surface area contributed by atoms with Gasteiger partial charge in [0.25, 0.3) is 11.8 Å². The molecule has 1 spiro atoms. The second-order valence-corrected chi connectivity index (χ2v) is 7.20. The summed E-state index contributed by atoms with van der Waals surface area (Å²) in [5, 5.41) is 3.68. The van der Waals surface area contributed by atoms with Gasteiger partial charge in [-0.15, -0.1) is 0 Å². The van der Waals surface area contributed by atoms with Crippen LogP contribution in [0.15, 0.2) is 34.9 Å². The van der Waals surface area contributed by atoms with Crippen molar-refractivity contribution in [3.05, 3.63) is 41.7 Å². The Labute approximate surface area is 151 Å². The summed E-state index contributed by atoms with van der Waals surface area (Å²) >= 11 is 0. The number of rotatable bonds is 3. The summed E-state index contributed by atoms with van der Waals surface area (Å²) in [6.45, 7) is 3.81. The average Bonchev–Trinajstić information content (AvgIpc) is 3.34. The summed E-state index contributed by atoms with van der Waals surface area (Å²) in [5.41, 5.74) is 1.89. The standard InChI is InChI=1S/C19H21N3O4/c1-13-3-5-14(6-4-13)22-12-19(10-17(22)23)7-8-21(11-19)18(24)15-9-16(25-2)20-26-15/h3-6,9H,7-8,10-12H2,1-2H3. The third-order valence-electron chi connectivity index (χ3n) is 5.30. The molecule has 2 aliphatic rings. The number of benzene rings is 1. The molecule has 2 aromatic rings. The van der Waals surface area contributed by atoms with E-state index in [2.05, 4.69) is 5.16 Å². The molecule has 0 bridgehead atoms. The van der Waals surface area contributed by atoms with E-state index in [1.54, 1.807) is 4.90 Å². The van der Waals surface area contributed by atoms with E-state index in [-0.39, 0.29) is 28.9 Å². The summed E-state index contributed by atoms with van der Waals surface area (Å²) in [5.74, 6) is 0.353. The molecule has 1 unspecified atom stereocenters. The first kappa shape index (κ1) is 16.6. The minimum atomic E-state index is -0.209. The van der Waals surface area contributed by atoms with Gasteiger partial charge in [0.05, 0.1) is 13.2 Å². The fraction of sp³-hybridized carbons (Fsp3) is 0.421. The van der Waals surface area contributed by atoms with Crippen molar-refractivity contribution in [3.8, 4) is 5.88 Å². The van der Waals surface area contributed by atoms with Gasteiger partial charge in [0, 0.05) is 37.2 Å². The zero-order valence-electron chi connectivity index (χ0n) is 14.9. The van der Waals surface area contributed by atoms with Crippen LogP contribution < -0.4 is 9.64 Å². The second kappa shape index (κ2) is 6.16. The van der Waals surface area contributed by atoms with Crippen LogP contribution in [0.3, 0.4) is 0 Å². The third-order valence-corrected chi connectivity index (χ3v) is 5.30. The molecule has 0 aliphatic carbocycles. The molecule has 0 saturated carbocycles. The molecule has 2 aliphatic heterocycles. The second-order valence-electron chi connectivity index (χ2n) is 7.20. The smallest absolute Gasteiger partial charge is 0.292 e. The van der Waals surface area contributed by atoms with E-state index in [9.17, 15) is 9.59 Å².